The van der Waals surface area contributed by atoms with Crippen LogP contribution in [0.1, 0.15) is 23.7 Å². The Kier molecular flexibility index (Phi) is 3.04. The summed E-state index contributed by atoms with van der Waals surface area (Å²) in [4.78, 5) is 23.6. The largest absolute Gasteiger partial charge is 0.386 e. The van der Waals surface area contributed by atoms with Gasteiger partial charge in [-0.3, -0.25) is 14.9 Å². The smallest absolute Gasteiger partial charge is 0.270 e. The Morgan fingerprint density at radius 2 is 2.22 bits per heavy atom. The first-order chi connectivity index (χ1) is 8.45. The number of rotatable bonds is 3. The number of β-amino-alcohol motifs (C(OH)–C–C–N with tert-alkyl or cyclic N) is 1. The summed E-state index contributed by atoms with van der Waals surface area (Å²) in [5.41, 5.74) is -0.620. The van der Waals surface area contributed by atoms with Gasteiger partial charge in [0, 0.05) is 17.7 Å². The maximum Gasteiger partial charge on any atom is 0.270 e. The van der Waals surface area contributed by atoms with Gasteiger partial charge in [-0.05, 0) is 12.5 Å². The molecule has 6 nitrogen and oxygen atoms in total. The van der Waals surface area contributed by atoms with Gasteiger partial charge in [0.15, 0.2) is 0 Å². The van der Waals surface area contributed by atoms with Crippen LogP contribution in [0.4, 0.5) is 5.69 Å². The van der Waals surface area contributed by atoms with E-state index < -0.39 is 10.5 Å². The minimum absolute atomic E-state index is 0.105. The minimum atomic E-state index is -0.795. The molecule has 1 aromatic carbocycles. The van der Waals surface area contributed by atoms with Gasteiger partial charge in [-0.2, -0.15) is 0 Å². The van der Waals surface area contributed by atoms with Crippen molar-refractivity contribution in [1.82, 2.24) is 4.90 Å². The predicted octanol–water partition coefficient (Wildman–Crippen LogP) is 1.19. The molecule has 0 atom stereocenters. The van der Waals surface area contributed by atoms with Crippen molar-refractivity contribution in [3.8, 4) is 0 Å². The normalized spacial score (nSPS) is 17.1. The number of nitrogens with zero attached hydrogens (tertiary/aromatic N) is 2. The van der Waals surface area contributed by atoms with Gasteiger partial charge in [0.1, 0.15) is 0 Å². The molecule has 1 aliphatic heterocycles. The maximum atomic E-state index is 12.0. The molecule has 0 bridgehead atoms. The van der Waals surface area contributed by atoms with Crippen LogP contribution in [0.3, 0.4) is 0 Å². The van der Waals surface area contributed by atoms with Crippen molar-refractivity contribution in [3.05, 3.63) is 39.9 Å². The summed E-state index contributed by atoms with van der Waals surface area (Å²) < 4.78 is 0. The molecule has 0 aromatic heterocycles. The molecule has 1 fully saturated rings. The molecule has 6 heteroatoms. The van der Waals surface area contributed by atoms with E-state index in [1.165, 1.54) is 23.1 Å². The Hall–Kier alpha value is -1.95. The van der Waals surface area contributed by atoms with Gasteiger partial charge < -0.3 is 10.0 Å². The highest BCUT2D eigenvalue weighted by atomic mass is 16.6. The second kappa shape index (κ2) is 4.38. The lowest BCUT2D eigenvalue weighted by molar-refractivity contribution is -0.384. The van der Waals surface area contributed by atoms with Crippen LogP contribution in [-0.4, -0.2) is 39.5 Å². The van der Waals surface area contributed by atoms with Gasteiger partial charge in [0.05, 0.1) is 23.6 Å². The molecular formula is C12H14N2O4. The lowest BCUT2D eigenvalue weighted by Gasteiger charge is -2.46. The fraction of sp³-hybridized carbons (Fsp3) is 0.417. The van der Waals surface area contributed by atoms with Crippen LogP contribution >= 0.6 is 0 Å². The van der Waals surface area contributed by atoms with Gasteiger partial charge in [-0.25, -0.2) is 0 Å². The number of benzene rings is 1. The molecule has 96 valence electrons. The molecule has 1 saturated heterocycles. The number of nitro benzene ring substituents is 1. The van der Waals surface area contributed by atoms with Crippen LogP contribution in [0.15, 0.2) is 24.3 Å². The maximum absolute atomic E-state index is 12.0. The summed E-state index contributed by atoms with van der Waals surface area (Å²) in [6, 6.07) is 5.62. The molecule has 1 amide bonds. The first kappa shape index (κ1) is 12.5. The lowest BCUT2D eigenvalue weighted by atomic mass is 9.90. The lowest BCUT2D eigenvalue weighted by Crippen LogP contribution is -2.63. The number of carbonyl (C=O) groups is 1. The van der Waals surface area contributed by atoms with Crippen LogP contribution in [-0.2, 0) is 0 Å². The van der Waals surface area contributed by atoms with E-state index >= 15 is 0 Å². The molecule has 2 rings (SSSR count). The third-order valence-electron chi connectivity index (χ3n) is 3.22. The molecular weight excluding hydrogens is 236 g/mol. The zero-order valence-corrected chi connectivity index (χ0v) is 10.00. The summed E-state index contributed by atoms with van der Waals surface area (Å²) in [6.45, 7) is 2.42. The van der Waals surface area contributed by atoms with E-state index in [0.29, 0.717) is 6.42 Å². The average molecular weight is 250 g/mol. The molecule has 0 spiro atoms. The number of hydrogen-bond donors (Lipinski definition) is 1. The first-order valence-corrected chi connectivity index (χ1v) is 5.71. The molecule has 1 N–H and O–H groups in total. The summed E-state index contributed by atoms with van der Waals surface area (Å²) in [5, 5.41) is 20.4. The second-order valence-electron chi connectivity index (χ2n) is 4.55. The van der Waals surface area contributed by atoms with E-state index in [2.05, 4.69) is 0 Å². The van der Waals surface area contributed by atoms with Crippen molar-refractivity contribution < 1.29 is 14.8 Å². The van der Waals surface area contributed by atoms with E-state index in [1.807, 2.05) is 6.92 Å². The number of non-ortho nitro benzene ring substituents is 1. The van der Waals surface area contributed by atoms with Gasteiger partial charge in [-0.15, -0.1) is 0 Å². The molecule has 0 saturated carbocycles. The second-order valence-corrected chi connectivity index (χ2v) is 4.55. The third-order valence-corrected chi connectivity index (χ3v) is 3.22. The fourth-order valence-corrected chi connectivity index (χ4v) is 1.97. The quantitative estimate of drug-likeness (QED) is 0.645. The minimum Gasteiger partial charge on any atom is -0.386 e. The Morgan fingerprint density at radius 3 is 2.78 bits per heavy atom. The van der Waals surface area contributed by atoms with E-state index in [9.17, 15) is 20.0 Å². The first-order valence-electron chi connectivity index (χ1n) is 5.71. The van der Waals surface area contributed by atoms with E-state index in [0.717, 1.165) is 0 Å². The van der Waals surface area contributed by atoms with Crippen LogP contribution in [0.2, 0.25) is 0 Å². The van der Waals surface area contributed by atoms with Crippen LogP contribution in [0, 0.1) is 10.1 Å². The molecule has 1 heterocycles. The summed E-state index contributed by atoms with van der Waals surface area (Å²) in [5.74, 6) is -0.281. The number of nitro groups is 1. The van der Waals surface area contributed by atoms with Crippen molar-refractivity contribution in [2.45, 2.75) is 18.9 Å². The molecule has 18 heavy (non-hydrogen) atoms. The zero-order chi connectivity index (χ0) is 13.3. The Labute approximate surface area is 104 Å². The monoisotopic (exact) mass is 250 g/mol. The van der Waals surface area contributed by atoms with Crippen molar-refractivity contribution in [1.29, 1.82) is 0 Å². The fourth-order valence-electron chi connectivity index (χ4n) is 1.97. The SMILES string of the molecule is CCC1(O)CN(C(=O)c2cccc([N+](=O)[O-])c2)C1. The average Bonchev–Trinajstić information content (AvgIpc) is 2.34. The van der Waals surface area contributed by atoms with E-state index in [4.69, 9.17) is 0 Å². The van der Waals surface area contributed by atoms with Gasteiger partial charge in [0.25, 0.3) is 11.6 Å². The number of carbonyl (C=O) groups excluding carboxylic acids is 1. The van der Waals surface area contributed by atoms with E-state index in [1.54, 1.807) is 6.07 Å². The standard InChI is InChI=1S/C12H14N2O4/c1-2-12(16)7-13(8-12)11(15)9-4-3-5-10(6-9)14(17)18/h3-6,16H,2,7-8H2,1H3. The van der Waals surface area contributed by atoms with Crippen LogP contribution in [0.5, 0.6) is 0 Å². The van der Waals surface area contributed by atoms with Crippen molar-refractivity contribution in [3.63, 3.8) is 0 Å². The van der Waals surface area contributed by atoms with Crippen molar-refractivity contribution >= 4 is 11.6 Å². The summed E-state index contributed by atoms with van der Waals surface area (Å²) in [6.07, 6.45) is 0.589. The highest BCUT2D eigenvalue weighted by Crippen LogP contribution is 2.26. The molecule has 1 aliphatic rings. The Bertz CT molecular complexity index is 495. The van der Waals surface area contributed by atoms with Crippen LogP contribution in [0.25, 0.3) is 0 Å². The van der Waals surface area contributed by atoms with Crippen molar-refractivity contribution in [2.24, 2.45) is 0 Å². The molecule has 0 unspecified atom stereocenters. The Balaban J connectivity index is 2.11. The molecule has 0 aliphatic carbocycles. The Morgan fingerprint density at radius 1 is 1.56 bits per heavy atom. The highest BCUT2D eigenvalue weighted by molar-refractivity contribution is 5.95. The summed E-state index contributed by atoms with van der Waals surface area (Å²) >= 11 is 0. The number of likely N-dealkylation sites (tertiary alicyclic amines) is 1. The van der Waals surface area contributed by atoms with Gasteiger partial charge >= 0.3 is 0 Å². The number of hydrogen-bond acceptors (Lipinski definition) is 4. The number of aliphatic hydroxyl groups is 1. The third kappa shape index (κ3) is 2.19. The van der Waals surface area contributed by atoms with Gasteiger partial charge in [0.2, 0.25) is 0 Å². The molecule has 1 aromatic rings. The topological polar surface area (TPSA) is 83.7 Å². The van der Waals surface area contributed by atoms with Crippen LogP contribution < -0.4 is 0 Å². The van der Waals surface area contributed by atoms with Crippen molar-refractivity contribution in [2.75, 3.05) is 13.1 Å². The zero-order valence-electron chi connectivity index (χ0n) is 10.00. The highest BCUT2D eigenvalue weighted by Gasteiger charge is 2.42. The van der Waals surface area contributed by atoms with Gasteiger partial charge in [-0.1, -0.05) is 13.0 Å². The van der Waals surface area contributed by atoms with E-state index in [-0.39, 0.29) is 30.2 Å². The summed E-state index contributed by atoms with van der Waals surface area (Å²) in [7, 11) is 0. The predicted molar refractivity (Wildman–Crippen MR) is 64.2 cm³/mol. The number of amides is 1. The molecule has 0 radical (unpaired) electrons.